The zero-order chi connectivity index (χ0) is 22.1. The Hall–Kier alpha value is -3.00. The lowest BCUT2D eigenvalue weighted by atomic mass is 10.0. The topological polar surface area (TPSA) is 147 Å². The molecule has 0 radical (unpaired) electrons. The molecule has 160 valence electrons. The quantitative estimate of drug-likeness (QED) is 0.318. The van der Waals surface area contributed by atoms with Gasteiger partial charge in [-0.1, -0.05) is 0 Å². The number of rotatable bonds is 7. The number of benzene rings is 2. The summed E-state index contributed by atoms with van der Waals surface area (Å²) in [7, 11) is -3.74. The molecule has 0 aliphatic heterocycles. The van der Waals surface area contributed by atoms with Crippen molar-refractivity contribution in [3.63, 3.8) is 0 Å². The molecule has 1 aromatic heterocycles. The fourth-order valence-electron chi connectivity index (χ4n) is 3.08. The van der Waals surface area contributed by atoms with Gasteiger partial charge in [0.2, 0.25) is 5.43 Å². The molecule has 0 fully saturated rings. The van der Waals surface area contributed by atoms with Gasteiger partial charge in [-0.25, -0.2) is 0 Å². The summed E-state index contributed by atoms with van der Waals surface area (Å²) in [4.78, 5) is 13.2. The van der Waals surface area contributed by atoms with Crippen LogP contribution in [0.3, 0.4) is 0 Å². The molecule has 0 bridgehead atoms. The smallest absolute Gasteiger partial charge is 0.335 e. The second kappa shape index (κ2) is 8.39. The van der Waals surface area contributed by atoms with Crippen LogP contribution in [0.1, 0.15) is 19.4 Å². The molecule has 4 N–H and O–H groups in total. The lowest BCUT2D eigenvalue weighted by Crippen LogP contribution is -2.13. The summed E-state index contributed by atoms with van der Waals surface area (Å²) in [6, 6.07) is 5.88. The average Bonchev–Trinajstić information content (AvgIpc) is 2.66. The molecule has 0 aliphatic rings. The van der Waals surface area contributed by atoms with Crippen molar-refractivity contribution in [3.8, 4) is 34.3 Å². The Balaban J connectivity index is 2.34. The first-order valence-corrected chi connectivity index (χ1v) is 10.8. The first kappa shape index (κ1) is 21.7. The van der Waals surface area contributed by atoms with Gasteiger partial charge in [0.05, 0.1) is 24.9 Å². The summed E-state index contributed by atoms with van der Waals surface area (Å²) < 4.78 is 29.4. The Kier molecular flexibility index (Phi) is 6.07. The van der Waals surface area contributed by atoms with Crippen molar-refractivity contribution in [3.05, 3.63) is 46.1 Å². The van der Waals surface area contributed by atoms with Gasteiger partial charge < -0.3 is 33.9 Å². The largest absolute Gasteiger partial charge is 0.508 e. The molecule has 0 spiro atoms. The van der Waals surface area contributed by atoms with Gasteiger partial charge in [0.1, 0.15) is 28.2 Å². The van der Waals surface area contributed by atoms with E-state index in [1.54, 1.807) is 13.8 Å². The zero-order valence-electron chi connectivity index (χ0n) is 16.3. The zero-order valence-corrected chi connectivity index (χ0v) is 17.2. The third kappa shape index (κ3) is 4.14. The molecule has 0 unspecified atom stereocenters. The predicted molar refractivity (Wildman–Crippen MR) is 109 cm³/mol. The van der Waals surface area contributed by atoms with Crippen LogP contribution >= 0.6 is 7.60 Å². The monoisotopic (exact) mass is 436 g/mol. The van der Waals surface area contributed by atoms with Crippen molar-refractivity contribution in [2.45, 2.75) is 20.0 Å². The molecule has 2 aromatic carbocycles. The summed E-state index contributed by atoms with van der Waals surface area (Å²) >= 11 is 0. The van der Waals surface area contributed by atoms with Crippen LogP contribution in [0, 0.1) is 0 Å². The van der Waals surface area contributed by atoms with E-state index in [0.29, 0.717) is 0 Å². The Labute approximate surface area is 171 Å². The summed E-state index contributed by atoms with van der Waals surface area (Å²) in [5.41, 5.74) is -0.733. The molecule has 10 heteroatoms. The second-order valence-electron chi connectivity index (χ2n) is 6.38. The highest BCUT2D eigenvalue weighted by Crippen LogP contribution is 2.52. The van der Waals surface area contributed by atoms with Gasteiger partial charge in [-0.05, 0) is 32.0 Å². The number of hydrogen-bond donors (Lipinski definition) is 4. The van der Waals surface area contributed by atoms with Gasteiger partial charge >= 0.3 is 7.60 Å². The van der Waals surface area contributed by atoms with Crippen LogP contribution in [0.25, 0.3) is 22.3 Å². The maximum atomic E-state index is 13.2. The van der Waals surface area contributed by atoms with E-state index in [0.717, 1.165) is 18.2 Å². The highest BCUT2D eigenvalue weighted by molar-refractivity contribution is 7.53. The molecule has 3 rings (SSSR count). The lowest BCUT2D eigenvalue weighted by molar-refractivity contribution is 0.219. The average molecular weight is 436 g/mol. The van der Waals surface area contributed by atoms with E-state index in [1.165, 1.54) is 12.1 Å². The molecule has 0 saturated carbocycles. The van der Waals surface area contributed by atoms with Gasteiger partial charge in [0.15, 0.2) is 11.5 Å². The minimum Gasteiger partial charge on any atom is -0.508 e. The molecular weight excluding hydrogens is 415 g/mol. The van der Waals surface area contributed by atoms with Gasteiger partial charge in [-0.2, -0.15) is 0 Å². The van der Waals surface area contributed by atoms with E-state index in [1.807, 2.05) is 0 Å². The molecule has 0 amide bonds. The van der Waals surface area contributed by atoms with Gasteiger partial charge in [-0.15, -0.1) is 0 Å². The molecule has 1 heterocycles. The van der Waals surface area contributed by atoms with Gasteiger partial charge in [0.25, 0.3) is 0 Å². The van der Waals surface area contributed by atoms with E-state index < -0.39 is 30.7 Å². The second-order valence-corrected chi connectivity index (χ2v) is 8.44. The number of phenolic OH excluding ortho intramolecular Hbond substituents is 4. The molecule has 0 atom stereocenters. The van der Waals surface area contributed by atoms with Crippen LogP contribution in [0.15, 0.2) is 39.5 Å². The van der Waals surface area contributed by atoms with E-state index in [-0.39, 0.29) is 52.6 Å². The van der Waals surface area contributed by atoms with Crippen molar-refractivity contribution in [2.75, 3.05) is 13.2 Å². The fourth-order valence-corrected chi connectivity index (χ4v) is 4.80. The molecule has 0 aliphatic carbocycles. The van der Waals surface area contributed by atoms with Crippen molar-refractivity contribution < 1.29 is 38.5 Å². The Morgan fingerprint density at radius 1 is 0.933 bits per heavy atom. The first-order chi connectivity index (χ1) is 14.2. The van der Waals surface area contributed by atoms with Crippen LogP contribution in [-0.4, -0.2) is 33.6 Å². The third-order valence-electron chi connectivity index (χ3n) is 4.29. The fraction of sp³-hybridized carbons (Fsp3) is 0.250. The maximum absolute atomic E-state index is 13.2. The highest BCUT2D eigenvalue weighted by atomic mass is 31.2. The predicted octanol–water partition coefficient (Wildman–Crippen LogP) is 4.05. The molecular formula is C20H21O9P. The Morgan fingerprint density at radius 2 is 1.60 bits per heavy atom. The third-order valence-corrected chi connectivity index (χ3v) is 6.30. The van der Waals surface area contributed by atoms with E-state index >= 15 is 0 Å². The van der Waals surface area contributed by atoms with Crippen molar-refractivity contribution >= 4 is 18.6 Å². The number of aromatic hydroxyl groups is 4. The number of hydrogen-bond acceptors (Lipinski definition) is 9. The lowest BCUT2D eigenvalue weighted by Gasteiger charge is -2.18. The van der Waals surface area contributed by atoms with E-state index in [9.17, 15) is 29.8 Å². The first-order valence-electron chi connectivity index (χ1n) is 9.11. The van der Waals surface area contributed by atoms with Crippen LogP contribution < -0.4 is 5.43 Å². The molecule has 3 aromatic rings. The Morgan fingerprint density at radius 3 is 2.20 bits per heavy atom. The van der Waals surface area contributed by atoms with Gasteiger partial charge in [-0.3, -0.25) is 9.36 Å². The molecule has 0 saturated heterocycles. The van der Waals surface area contributed by atoms with E-state index in [2.05, 4.69) is 0 Å². The normalized spacial score (nSPS) is 11.8. The highest BCUT2D eigenvalue weighted by Gasteiger charge is 2.30. The summed E-state index contributed by atoms with van der Waals surface area (Å²) in [6.45, 7) is 3.40. The van der Waals surface area contributed by atoms with Crippen molar-refractivity contribution in [1.29, 1.82) is 0 Å². The molecule has 9 nitrogen and oxygen atoms in total. The van der Waals surface area contributed by atoms with Crippen molar-refractivity contribution in [2.24, 2.45) is 0 Å². The standard InChI is InChI=1S/C20H21O9P/c1-3-27-30(26,28-4-2)10-13-19(25)18-16(24)8-12(21)9-17(18)29-20(13)11-5-6-14(22)15(23)7-11/h5-9,21-24H,3-4,10H2,1-2H3. The summed E-state index contributed by atoms with van der Waals surface area (Å²) in [6.07, 6.45) is -0.454. The maximum Gasteiger partial charge on any atom is 0.335 e. The van der Waals surface area contributed by atoms with Gasteiger partial charge in [0, 0.05) is 17.7 Å². The van der Waals surface area contributed by atoms with E-state index in [4.69, 9.17) is 13.5 Å². The minimum atomic E-state index is -3.74. The molecule has 30 heavy (non-hydrogen) atoms. The van der Waals surface area contributed by atoms with Crippen molar-refractivity contribution in [1.82, 2.24) is 0 Å². The van der Waals surface area contributed by atoms with Crippen LogP contribution in [0.4, 0.5) is 0 Å². The summed E-state index contributed by atoms with van der Waals surface area (Å²) in [5, 5.41) is 39.2. The number of phenols is 4. The summed E-state index contributed by atoms with van der Waals surface area (Å²) in [5.74, 6) is -1.76. The Bertz CT molecular complexity index is 1190. The number of fused-ring (bicyclic) bond motifs is 1. The minimum absolute atomic E-state index is 0.0741. The van der Waals surface area contributed by atoms with Crippen LogP contribution in [0.5, 0.6) is 23.0 Å². The van der Waals surface area contributed by atoms with Crippen LogP contribution in [-0.2, 0) is 19.8 Å². The SMILES string of the molecule is CCOP(=O)(Cc1c(-c2ccc(O)c(O)c2)oc2cc(O)cc(O)c2c1=O)OCC. The van der Waals surface area contributed by atoms with Crippen LogP contribution in [0.2, 0.25) is 0 Å².